The van der Waals surface area contributed by atoms with Gasteiger partial charge in [-0.3, -0.25) is 4.72 Å². The molecular weight excluding hydrogens is 318 g/mol. The van der Waals surface area contributed by atoms with Crippen LogP contribution in [0.4, 0.5) is 0 Å². The van der Waals surface area contributed by atoms with Gasteiger partial charge in [0.25, 0.3) is 0 Å². The number of allylic oxidation sites excluding steroid dienone is 1. The van der Waals surface area contributed by atoms with Gasteiger partial charge in [0.05, 0.1) is 6.26 Å². The van der Waals surface area contributed by atoms with E-state index in [9.17, 15) is 8.42 Å². The molecule has 1 aromatic carbocycles. The summed E-state index contributed by atoms with van der Waals surface area (Å²) in [7, 11) is -3.44. The summed E-state index contributed by atoms with van der Waals surface area (Å²) in [5, 5.41) is 25.4. The van der Waals surface area contributed by atoms with E-state index in [-0.39, 0.29) is 0 Å². The molecule has 2 aromatic rings. The SMILES string of the molecule is CS(=O)(=O)NC=CC(C#N)(C#N)C#N.c1ccc2ocnc2c1. The number of para-hydroxylation sites is 2. The van der Waals surface area contributed by atoms with Crippen molar-refractivity contribution in [2.75, 3.05) is 6.26 Å². The topological polar surface area (TPSA) is 144 Å². The van der Waals surface area contributed by atoms with Crippen LogP contribution in [0.25, 0.3) is 11.1 Å². The van der Waals surface area contributed by atoms with Gasteiger partial charge in [-0.25, -0.2) is 13.4 Å². The summed E-state index contributed by atoms with van der Waals surface area (Å²) in [5.41, 5.74) is -0.187. The Hall–Kier alpha value is -3.35. The van der Waals surface area contributed by atoms with Gasteiger partial charge in [-0.05, 0) is 18.2 Å². The van der Waals surface area contributed by atoms with Crippen molar-refractivity contribution in [3.8, 4) is 18.2 Å². The van der Waals surface area contributed by atoms with Crippen LogP contribution < -0.4 is 4.72 Å². The van der Waals surface area contributed by atoms with E-state index >= 15 is 0 Å². The predicted octanol–water partition coefficient (Wildman–Crippen LogP) is 1.43. The van der Waals surface area contributed by atoms with Crippen molar-refractivity contribution >= 4 is 21.1 Å². The molecule has 23 heavy (non-hydrogen) atoms. The van der Waals surface area contributed by atoms with Crippen LogP contribution in [-0.4, -0.2) is 19.7 Å². The summed E-state index contributed by atoms with van der Waals surface area (Å²) in [4.78, 5) is 3.95. The van der Waals surface area contributed by atoms with E-state index in [0.717, 1.165) is 29.6 Å². The summed E-state index contributed by atoms with van der Waals surface area (Å²) < 4.78 is 28.1. The normalized spacial score (nSPS) is 10.9. The second-order valence-electron chi connectivity index (χ2n) is 4.19. The lowest BCUT2D eigenvalue weighted by molar-refractivity contribution is 0.596. The molecule has 0 spiro atoms. The number of nitrogens with one attached hydrogen (secondary N) is 1. The first-order chi connectivity index (χ1) is 10.9. The summed E-state index contributed by atoms with van der Waals surface area (Å²) in [6, 6.07) is 12.0. The average Bonchev–Trinajstić information content (AvgIpc) is 3.00. The molecule has 1 aromatic heterocycles. The first-order valence-corrected chi connectivity index (χ1v) is 7.92. The Labute approximate surface area is 132 Å². The van der Waals surface area contributed by atoms with Gasteiger partial charge in [0.2, 0.25) is 15.4 Å². The molecule has 1 heterocycles. The lowest BCUT2D eigenvalue weighted by Gasteiger charge is -2.01. The number of hydrogen-bond donors (Lipinski definition) is 1. The Morgan fingerprint density at radius 2 is 1.83 bits per heavy atom. The zero-order valence-electron chi connectivity index (χ0n) is 12.0. The number of hydrogen-bond acceptors (Lipinski definition) is 7. The lowest BCUT2D eigenvalue weighted by Crippen LogP contribution is -2.17. The molecule has 0 fully saturated rings. The van der Waals surface area contributed by atoms with Crippen molar-refractivity contribution in [1.82, 2.24) is 9.71 Å². The highest BCUT2D eigenvalue weighted by atomic mass is 32.2. The molecule has 2 rings (SSSR count). The molecule has 0 aliphatic carbocycles. The fourth-order valence-corrected chi connectivity index (χ4v) is 1.59. The Balaban J connectivity index is 0.000000248. The molecule has 0 radical (unpaired) electrons. The molecule has 0 amide bonds. The summed E-state index contributed by atoms with van der Waals surface area (Å²) in [6.45, 7) is 0. The predicted molar refractivity (Wildman–Crippen MR) is 80.4 cm³/mol. The third-order valence-corrected chi connectivity index (χ3v) is 2.95. The van der Waals surface area contributed by atoms with E-state index in [1.807, 2.05) is 29.0 Å². The monoisotopic (exact) mass is 329 g/mol. The summed E-state index contributed by atoms with van der Waals surface area (Å²) in [5.74, 6) is 0. The Morgan fingerprint density at radius 3 is 2.35 bits per heavy atom. The quantitative estimate of drug-likeness (QED) is 0.896. The zero-order valence-corrected chi connectivity index (χ0v) is 12.8. The number of rotatable bonds is 3. The molecule has 116 valence electrons. The van der Waals surface area contributed by atoms with Gasteiger partial charge in [0.15, 0.2) is 12.0 Å². The van der Waals surface area contributed by atoms with E-state index < -0.39 is 15.4 Å². The summed E-state index contributed by atoms with van der Waals surface area (Å²) in [6.07, 6.45) is 4.12. The van der Waals surface area contributed by atoms with Crippen LogP contribution in [0.5, 0.6) is 0 Å². The molecule has 0 aliphatic rings. The highest BCUT2D eigenvalue weighted by molar-refractivity contribution is 7.88. The van der Waals surface area contributed by atoms with E-state index in [4.69, 9.17) is 20.2 Å². The van der Waals surface area contributed by atoms with Gasteiger partial charge in [-0.1, -0.05) is 12.1 Å². The van der Waals surface area contributed by atoms with Crippen LogP contribution in [0.2, 0.25) is 0 Å². The average molecular weight is 329 g/mol. The fraction of sp³-hybridized carbons (Fsp3) is 0.143. The zero-order chi connectivity index (χ0) is 17.3. The number of sulfonamides is 1. The number of benzene rings is 1. The smallest absolute Gasteiger partial charge is 0.248 e. The lowest BCUT2D eigenvalue weighted by atomic mass is 9.94. The van der Waals surface area contributed by atoms with Gasteiger partial charge >= 0.3 is 0 Å². The molecule has 9 heteroatoms. The van der Waals surface area contributed by atoms with Crippen LogP contribution >= 0.6 is 0 Å². The van der Waals surface area contributed by atoms with Crippen molar-refractivity contribution < 1.29 is 12.8 Å². The maximum Gasteiger partial charge on any atom is 0.248 e. The summed E-state index contributed by atoms with van der Waals surface area (Å²) >= 11 is 0. The number of fused-ring (bicyclic) bond motifs is 1. The molecule has 0 aliphatic heterocycles. The number of nitriles is 3. The Morgan fingerprint density at radius 1 is 1.22 bits per heavy atom. The van der Waals surface area contributed by atoms with Crippen molar-refractivity contribution in [2.45, 2.75) is 0 Å². The van der Waals surface area contributed by atoms with E-state index in [1.54, 1.807) is 0 Å². The maximum atomic E-state index is 10.6. The Bertz CT molecular complexity index is 859. The van der Waals surface area contributed by atoms with Crippen molar-refractivity contribution in [1.29, 1.82) is 15.8 Å². The highest BCUT2D eigenvalue weighted by Crippen LogP contribution is 2.14. The van der Waals surface area contributed by atoms with Crippen LogP contribution in [-0.2, 0) is 10.0 Å². The minimum Gasteiger partial charge on any atom is -0.443 e. The number of oxazole rings is 1. The molecule has 0 bridgehead atoms. The van der Waals surface area contributed by atoms with Crippen LogP contribution in [0.15, 0.2) is 47.4 Å². The molecule has 0 unspecified atom stereocenters. The first-order valence-electron chi connectivity index (χ1n) is 6.03. The molecule has 8 nitrogen and oxygen atoms in total. The van der Waals surface area contributed by atoms with Crippen molar-refractivity contribution in [3.05, 3.63) is 42.9 Å². The molecular formula is C14H11N5O3S. The van der Waals surface area contributed by atoms with Crippen molar-refractivity contribution in [3.63, 3.8) is 0 Å². The fourth-order valence-electron chi connectivity index (χ4n) is 1.27. The van der Waals surface area contributed by atoms with Gasteiger partial charge < -0.3 is 4.42 Å². The van der Waals surface area contributed by atoms with E-state index in [1.165, 1.54) is 24.6 Å². The third-order valence-electron chi connectivity index (χ3n) is 2.38. The number of nitrogens with zero attached hydrogens (tertiary/aromatic N) is 4. The van der Waals surface area contributed by atoms with E-state index in [2.05, 4.69) is 4.98 Å². The molecule has 0 saturated heterocycles. The molecule has 0 atom stereocenters. The van der Waals surface area contributed by atoms with Gasteiger partial charge in [-0.15, -0.1) is 0 Å². The van der Waals surface area contributed by atoms with Crippen LogP contribution in [0.3, 0.4) is 0 Å². The van der Waals surface area contributed by atoms with Crippen LogP contribution in [0, 0.1) is 39.4 Å². The van der Waals surface area contributed by atoms with Gasteiger partial charge in [-0.2, -0.15) is 15.8 Å². The maximum absolute atomic E-state index is 10.6. The minimum atomic E-state index is -3.44. The van der Waals surface area contributed by atoms with E-state index in [0.29, 0.717) is 0 Å². The van der Waals surface area contributed by atoms with Crippen LogP contribution in [0.1, 0.15) is 0 Å². The Kier molecular flexibility index (Phi) is 5.85. The minimum absolute atomic E-state index is 0.845. The third kappa shape index (κ3) is 5.50. The largest absolute Gasteiger partial charge is 0.443 e. The van der Waals surface area contributed by atoms with Crippen molar-refractivity contribution in [2.24, 2.45) is 5.41 Å². The highest BCUT2D eigenvalue weighted by Gasteiger charge is 2.25. The second kappa shape index (κ2) is 7.60. The standard InChI is InChI=1S/C7H6N4O2S.C7H5NO/c1-14(12,13)11-3-2-7(4-8,5-9)6-10;1-2-4-7-6(3-1)8-5-9-7/h2-3,11H,1H3;1-5H. The number of aromatic nitrogens is 1. The molecule has 0 saturated carbocycles. The molecule has 1 N–H and O–H groups in total. The second-order valence-corrected chi connectivity index (χ2v) is 5.97. The van der Waals surface area contributed by atoms with Gasteiger partial charge in [0, 0.05) is 6.20 Å². The first kappa shape index (κ1) is 17.7. The van der Waals surface area contributed by atoms with Gasteiger partial charge in [0.1, 0.15) is 23.7 Å².